The van der Waals surface area contributed by atoms with Crippen molar-refractivity contribution in [2.24, 2.45) is 5.73 Å². The van der Waals surface area contributed by atoms with Crippen LogP contribution in [-0.4, -0.2) is 37.3 Å². The molecule has 0 aliphatic heterocycles. The molecule has 0 aromatic heterocycles. The first-order valence-corrected chi connectivity index (χ1v) is 9.29. The van der Waals surface area contributed by atoms with Crippen molar-refractivity contribution >= 4 is 10.4 Å². The van der Waals surface area contributed by atoms with Crippen LogP contribution in [0.4, 0.5) is 0 Å². The average molecular weight is 327 g/mol. The number of ether oxygens (including phenoxy) is 1. The van der Waals surface area contributed by atoms with Gasteiger partial charge in [0.15, 0.2) is 0 Å². The summed E-state index contributed by atoms with van der Waals surface area (Å²) >= 11 is 0. The molecular formula is C14H33NO5S. The Bertz CT molecular complexity index is 261. The van der Waals surface area contributed by atoms with E-state index in [2.05, 4.69) is 6.92 Å². The molecule has 0 aliphatic carbocycles. The van der Waals surface area contributed by atoms with E-state index in [9.17, 15) is 0 Å². The van der Waals surface area contributed by atoms with Crippen LogP contribution in [-0.2, 0) is 15.1 Å². The molecule has 0 fully saturated rings. The fourth-order valence-electron chi connectivity index (χ4n) is 1.88. The Balaban J connectivity index is 0. The van der Waals surface area contributed by atoms with Crippen LogP contribution < -0.4 is 5.73 Å². The average Bonchev–Trinajstić information content (AvgIpc) is 2.38. The quantitative estimate of drug-likeness (QED) is 0.354. The highest BCUT2D eigenvalue weighted by Crippen LogP contribution is 2.10. The highest BCUT2D eigenvalue weighted by molar-refractivity contribution is 7.79. The summed E-state index contributed by atoms with van der Waals surface area (Å²) in [5.74, 6) is 0. The first kappa shape index (κ1) is 23.1. The molecule has 0 radical (unpaired) electrons. The number of hydrogen-bond acceptors (Lipinski definition) is 4. The smallest absolute Gasteiger partial charge is 0.380 e. The van der Waals surface area contributed by atoms with Gasteiger partial charge in [0.05, 0.1) is 6.61 Å². The molecule has 7 heteroatoms. The van der Waals surface area contributed by atoms with Gasteiger partial charge in [0.1, 0.15) is 0 Å². The molecule has 0 bridgehead atoms. The largest absolute Gasteiger partial charge is 0.394 e. The van der Waals surface area contributed by atoms with E-state index in [-0.39, 0.29) is 0 Å². The number of hydrogen-bond donors (Lipinski definition) is 3. The predicted molar refractivity (Wildman–Crippen MR) is 85.9 cm³/mol. The summed E-state index contributed by atoms with van der Waals surface area (Å²) in [7, 11) is -4.67. The lowest BCUT2D eigenvalue weighted by Crippen LogP contribution is -2.08. The van der Waals surface area contributed by atoms with Crippen molar-refractivity contribution in [1.29, 1.82) is 0 Å². The van der Waals surface area contributed by atoms with Gasteiger partial charge in [-0.05, 0) is 6.42 Å². The summed E-state index contributed by atoms with van der Waals surface area (Å²) in [6.45, 7) is 4.54. The summed E-state index contributed by atoms with van der Waals surface area (Å²) in [5.41, 5.74) is 5.33. The third kappa shape index (κ3) is 38.3. The minimum atomic E-state index is -4.67. The minimum absolute atomic E-state index is 0.651. The molecule has 0 unspecified atom stereocenters. The minimum Gasteiger partial charge on any atom is -0.380 e. The van der Waals surface area contributed by atoms with Gasteiger partial charge in [0, 0.05) is 13.2 Å². The highest BCUT2D eigenvalue weighted by Gasteiger charge is 1.92. The van der Waals surface area contributed by atoms with Crippen LogP contribution in [0.1, 0.15) is 71.1 Å². The van der Waals surface area contributed by atoms with Crippen LogP contribution in [0.25, 0.3) is 0 Å². The van der Waals surface area contributed by atoms with Crippen LogP contribution in [0, 0.1) is 0 Å². The zero-order valence-electron chi connectivity index (χ0n) is 13.3. The molecule has 4 N–H and O–H groups in total. The van der Waals surface area contributed by atoms with Crippen LogP contribution >= 0.6 is 0 Å². The van der Waals surface area contributed by atoms with E-state index in [4.69, 9.17) is 28.0 Å². The first-order chi connectivity index (χ1) is 9.91. The molecule has 0 aliphatic rings. The Kier molecular flexibility index (Phi) is 19.6. The zero-order valence-corrected chi connectivity index (χ0v) is 14.1. The van der Waals surface area contributed by atoms with Gasteiger partial charge in [-0.3, -0.25) is 9.11 Å². The van der Waals surface area contributed by atoms with Crippen LogP contribution in [0.3, 0.4) is 0 Å². The Morgan fingerprint density at radius 3 is 1.57 bits per heavy atom. The lowest BCUT2D eigenvalue weighted by atomic mass is 10.1. The van der Waals surface area contributed by atoms with Gasteiger partial charge >= 0.3 is 10.4 Å². The predicted octanol–water partition coefficient (Wildman–Crippen LogP) is 3.23. The standard InChI is InChI=1S/C14H31NO.H2O4S/c1-2-3-4-5-6-7-8-9-10-11-13-16-14-12-15;1-5(2,3)4/h2-15H2,1H3;(H2,1,2,3,4). The van der Waals surface area contributed by atoms with Gasteiger partial charge in [-0.2, -0.15) is 8.42 Å². The Labute approximate surface area is 130 Å². The van der Waals surface area contributed by atoms with Crippen molar-refractivity contribution in [3.63, 3.8) is 0 Å². The lowest BCUT2D eigenvalue weighted by Gasteiger charge is -2.03. The monoisotopic (exact) mass is 327 g/mol. The second-order valence-corrected chi connectivity index (χ2v) is 5.93. The molecule has 0 heterocycles. The van der Waals surface area contributed by atoms with Crippen molar-refractivity contribution in [3.05, 3.63) is 0 Å². The summed E-state index contributed by atoms with van der Waals surface area (Å²) in [4.78, 5) is 0. The number of nitrogens with two attached hydrogens (primary N) is 1. The van der Waals surface area contributed by atoms with Crippen molar-refractivity contribution in [1.82, 2.24) is 0 Å². The second-order valence-electron chi connectivity index (χ2n) is 5.03. The number of unbranched alkanes of at least 4 members (excludes halogenated alkanes) is 9. The molecule has 0 amide bonds. The molecule has 0 saturated heterocycles. The van der Waals surface area contributed by atoms with Gasteiger partial charge in [0.25, 0.3) is 0 Å². The number of rotatable bonds is 13. The summed E-state index contributed by atoms with van der Waals surface area (Å²) in [6.07, 6.45) is 13.8. The summed E-state index contributed by atoms with van der Waals surface area (Å²) < 4.78 is 36.9. The molecule has 0 spiro atoms. The molecule has 0 atom stereocenters. The van der Waals surface area contributed by atoms with Gasteiger partial charge in [-0.1, -0.05) is 64.7 Å². The van der Waals surface area contributed by atoms with E-state index >= 15 is 0 Å². The van der Waals surface area contributed by atoms with E-state index in [1.165, 1.54) is 64.2 Å². The maximum atomic E-state index is 8.74. The van der Waals surface area contributed by atoms with Crippen LogP contribution in [0.15, 0.2) is 0 Å². The molecule has 0 aromatic rings. The van der Waals surface area contributed by atoms with Crippen LogP contribution in [0.2, 0.25) is 0 Å². The Morgan fingerprint density at radius 2 is 1.19 bits per heavy atom. The first-order valence-electron chi connectivity index (χ1n) is 7.89. The SMILES string of the molecule is CCCCCCCCCCCCOCCN.O=S(=O)(O)O. The van der Waals surface area contributed by atoms with Gasteiger partial charge in [-0.15, -0.1) is 0 Å². The Hall–Kier alpha value is -0.210. The lowest BCUT2D eigenvalue weighted by molar-refractivity contribution is 0.137. The molecule has 130 valence electrons. The molecule has 0 saturated carbocycles. The molecule has 6 nitrogen and oxygen atoms in total. The summed E-state index contributed by atoms with van der Waals surface area (Å²) in [6, 6.07) is 0. The van der Waals surface area contributed by atoms with E-state index in [1.54, 1.807) is 0 Å². The third-order valence-electron chi connectivity index (χ3n) is 2.90. The maximum absolute atomic E-state index is 8.74. The van der Waals surface area contributed by atoms with E-state index < -0.39 is 10.4 Å². The highest BCUT2D eigenvalue weighted by atomic mass is 32.3. The topological polar surface area (TPSA) is 110 Å². The van der Waals surface area contributed by atoms with Crippen molar-refractivity contribution in [2.45, 2.75) is 71.1 Å². The molecule has 0 rings (SSSR count). The Morgan fingerprint density at radius 1 is 0.810 bits per heavy atom. The second kappa shape index (κ2) is 17.8. The fourth-order valence-corrected chi connectivity index (χ4v) is 1.88. The van der Waals surface area contributed by atoms with Gasteiger partial charge < -0.3 is 10.5 Å². The van der Waals surface area contributed by atoms with E-state index in [0.717, 1.165) is 13.2 Å². The maximum Gasteiger partial charge on any atom is 0.394 e. The molecule has 21 heavy (non-hydrogen) atoms. The fraction of sp³-hybridized carbons (Fsp3) is 1.00. The van der Waals surface area contributed by atoms with Crippen molar-refractivity contribution in [3.8, 4) is 0 Å². The summed E-state index contributed by atoms with van der Waals surface area (Å²) in [5, 5.41) is 0. The van der Waals surface area contributed by atoms with Gasteiger partial charge in [0.2, 0.25) is 0 Å². The molecule has 0 aromatic carbocycles. The third-order valence-corrected chi connectivity index (χ3v) is 2.90. The normalized spacial score (nSPS) is 11.0. The van der Waals surface area contributed by atoms with E-state index in [0.29, 0.717) is 6.54 Å². The van der Waals surface area contributed by atoms with Crippen molar-refractivity contribution < 1.29 is 22.3 Å². The van der Waals surface area contributed by atoms with Crippen LogP contribution in [0.5, 0.6) is 0 Å². The van der Waals surface area contributed by atoms with Crippen molar-refractivity contribution in [2.75, 3.05) is 19.8 Å². The zero-order chi connectivity index (χ0) is 16.4. The van der Waals surface area contributed by atoms with E-state index in [1.807, 2.05) is 0 Å². The van der Waals surface area contributed by atoms with Gasteiger partial charge in [-0.25, -0.2) is 0 Å². The molecular weight excluding hydrogens is 294 g/mol.